The third-order valence-electron chi connectivity index (χ3n) is 1.21. The lowest BCUT2D eigenvalue weighted by molar-refractivity contribution is -0.127. The third kappa shape index (κ3) is 1.10. The fourth-order valence-corrected chi connectivity index (χ4v) is 0.661. The quantitative estimate of drug-likeness (QED) is 0.493. The SMILES string of the molecule is CC1=COCC(O)C1=O. The molecule has 0 aromatic heterocycles. The van der Waals surface area contributed by atoms with Gasteiger partial charge >= 0.3 is 0 Å². The van der Waals surface area contributed by atoms with Crippen molar-refractivity contribution in [2.45, 2.75) is 13.0 Å². The molecule has 0 aliphatic carbocycles. The second-order valence-corrected chi connectivity index (χ2v) is 2.01. The van der Waals surface area contributed by atoms with Crippen molar-refractivity contribution in [2.24, 2.45) is 0 Å². The van der Waals surface area contributed by atoms with Gasteiger partial charge in [-0.2, -0.15) is 0 Å². The molecular formula is C6H8O3. The summed E-state index contributed by atoms with van der Waals surface area (Å²) < 4.78 is 4.73. The van der Waals surface area contributed by atoms with Crippen LogP contribution in [0.4, 0.5) is 0 Å². The first-order valence-corrected chi connectivity index (χ1v) is 2.72. The van der Waals surface area contributed by atoms with Gasteiger partial charge in [-0.1, -0.05) is 0 Å². The molecule has 0 spiro atoms. The molecule has 0 saturated heterocycles. The molecule has 1 atom stereocenters. The molecule has 0 aromatic rings. The van der Waals surface area contributed by atoms with Crippen LogP contribution < -0.4 is 0 Å². The van der Waals surface area contributed by atoms with Gasteiger partial charge in [-0.3, -0.25) is 4.79 Å². The van der Waals surface area contributed by atoms with E-state index in [-0.39, 0.29) is 12.4 Å². The predicted octanol–water partition coefficient (Wildman–Crippen LogP) is -0.150. The van der Waals surface area contributed by atoms with E-state index in [1.54, 1.807) is 6.92 Å². The molecule has 1 aliphatic heterocycles. The summed E-state index contributed by atoms with van der Waals surface area (Å²) in [7, 11) is 0. The highest BCUT2D eigenvalue weighted by Gasteiger charge is 2.20. The molecule has 1 rings (SSSR count). The fourth-order valence-electron chi connectivity index (χ4n) is 0.661. The van der Waals surface area contributed by atoms with E-state index in [1.165, 1.54) is 6.26 Å². The van der Waals surface area contributed by atoms with Crippen LogP contribution in [0.3, 0.4) is 0 Å². The van der Waals surface area contributed by atoms with Crippen LogP contribution in [0.1, 0.15) is 6.92 Å². The minimum Gasteiger partial charge on any atom is -0.498 e. The van der Waals surface area contributed by atoms with Crippen LogP contribution >= 0.6 is 0 Å². The molecule has 9 heavy (non-hydrogen) atoms. The number of carbonyl (C=O) groups excluding carboxylic acids is 1. The number of ketones is 1. The van der Waals surface area contributed by atoms with Gasteiger partial charge in [0.15, 0.2) is 11.9 Å². The largest absolute Gasteiger partial charge is 0.498 e. The molecule has 3 nitrogen and oxygen atoms in total. The number of hydrogen-bond acceptors (Lipinski definition) is 3. The topological polar surface area (TPSA) is 46.5 Å². The lowest BCUT2D eigenvalue weighted by Crippen LogP contribution is -2.29. The maximum atomic E-state index is 10.7. The van der Waals surface area contributed by atoms with Gasteiger partial charge in [0.2, 0.25) is 0 Å². The Bertz CT molecular complexity index is 160. The summed E-state index contributed by atoms with van der Waals surface area (Å²) in [5, 5.41) is 8.83. The first-order valence-electron chi connectivity index (χ1n) is 2.72. The average Bonchev–Trinajstić information content (AvgIpc) is 1.83. The van der Waals surface area contributed by atoms with Crippen molar-refractivity contribution in [3.8, 4) is 0 Å². The molecule has 1 N–H and O–H groups in total. The highest BCUT2D eigenvalue weighted by molar-refractivity contribution is 5.98. The van der Waals surface area contributed by atoms with Gasteiger partial charge in [-0.25, -0.2) is 0 Å². The highest BCUT2D eigenvalue weighted by atomic mass is 16.5. The zero-order valence-electron chi connectivity index (χ0n) is 5.13. The summed E-state index contributed by atoms with van der Waals surface area (Å²) in [6, 6.07) is 0. The minimum absolute atomic E-state index is 0.0934. The van der Waals surface area contributed by atoms with Gasteiger partial charge in [-0.15, -0.1) is 0 Å². The molecule has 1 unspecified atom stereocenters. The van der Waals surface area contributed by atoms with Gasteiger partial charge in [0.05, 0.1) is 6.26 Å². The zero-order valence-corrected chi connectivity index (χ0v) is 5.13. The van der Waals surface area contributed by atoms with Crippen molar-refractivity contribution >= 4 is 5.78 Å². The summed E-state index contributed by atoms with van der Waals surface area (Å²) in [5.74, 6) is -0.235. The molecular weight excluding hydrogens is 120 g/mol. The molecule has 50 valence electrons. The van der Waals surface area contributed by atoms with E-state index in [0.717, 1.165) is 0 Å². The maximum Gasteiger partial charge on any atom is 0.193 e. The molecule has 0 fully saturated rings. The Morgan fingerprint density at radius 3 is 3.00 bits per heavy atom. The minimum atomic E-state index is -0.949. The molecule has 1 heterocycles. The van der Waals surface area contributed by atoms with Crippen molar-refractivity contribution in [3.63, 3.8) is 0 Å². The lowest BCUT2D eigenvalue weighted by Gasteiger charge is -2.14. The number of rotatable bonds is 0. The molecule has 1 aliphatic rings. The highest BCUT2D eigenvalue weighted by Crippen LogP contribution is 2.06. The lowest BCUT2D eigenvalue weighted by atomic mass is 10.1. The number of hydrogen-bond donors (Lipinski definition) is 1. The summed E-state index contributed by atoms with van der Waals surface area (Å²) in [6.45, 7) is 1.71. The van der Waals surface area contributed by atoms with Gasteiger partial charge in [0.1, 0.15) is 6.61 Å². The van der Waals surface area contributed by atoms with Crippen LogP contribution in [0.25, 0.3) is 0 Å². The third-order valence-corrected chi connectivity index (χ3v) is 1.21. The van der Waals surface area contributed by atoms with Gasteiger partial charge in [0.25, 0.3) is 0 Å². The number of carbonyl (C=O) groups is 1. The van der Waals surface area contributed by atoms with Crippen LogP contribution in [0.2, 0.25) is 0 Å². The smallest absolute Gasteiger partial charge is 0.193 e. The Morgan fingerprint density at radius 1 is 1.89 bits per heavy atom. The molecule has 3 heteroatoms. The van der Waals surface area contributed by atoms with Crippen molar-refractivity contribution in [3.05, 3.63) is 11.8 Å². The first-order chi connectivity index (χ1) is 4.22. The zero-order chi connectivity index (χ0) is 6.85. The molecule has 0 saturated carbocycles. The maximum absolute atomic E-state index is 10.7. The van der Waals surface area contributed by atoms with E-state index in [1.807, 2.05) is 0 Å². The van der Waals surface area contributed by atoms with E-state index in [0.29, 0.717) is 5.57 Å². The van der Waals surface area contributed by atoms with E-state index >= 15 is 0 Å². The predicted molar refractivity (Wildman–Crippen MR) is 30.7 cm³/mol. The van der Waals surface area contributed by atoms with Crippen molar-refractivity contribution in [1.29, 1.82) is 0 Å². The van der Waals surface area contributed by atoms with Crippen molar-refractivity contribution in [2.75, 3.05) is 6.61 Å². The van der Waals surface area contributed by atoms with Crippen LogP contribution in [-0.4, -0.2) is 23.6 Å². The number of aliphatic hydroxyl groups excluding tert-OH is 1. The number of ether oxygens (including phenoxy) is 1. The molecule has 0 bridgehead atoms. The van der Waals surface area contributed by atoms with Crippen LogP contribution in [-0.2, 0) is 9.53 Å². The Morgan fingerprint density at radius 2 is 2.56 bits per heavy atom. The summed E-state index contributed by atoms with van der Waals surface area (Å²) in [5.41, 5.74) is 0.480. The Labute approximate surface area is 52.9 Å². The fraction of sp³-hybridized carbons (Fsp3) is 0.500. The molecule has 0 aromatic carbocycles. The first kappa shape index (κ1) is 6.29. The standard InChI is InChI=1S/C6H8O3/c1-4-2-9-3-5(7)6(4)8/h2,5,7H,3H2,1H3. The second kappa shape index (κ2) is 2.19. The van der Waals surface area contributed by atoms with E-state index in [4.69, 9.17) is 9.84 Å². The monoisotopic (exact) mass is 128 g/mol. The van der Waals surface area contributed by atoms with Gasteiger partial charge < -0.3 is 9.84 Å². The van der Waals surface area contributed by atoms with Crippen molar-refractivity contribution < 1.29 is 14.6 Å². The summed E-state index contributed by atoms with van der Waals surface area (Å²) in [6.07, 6.45) is 0.421. The van der Waals surface area contributed by atoms with E-state index in [9.17, 15) is 4.79 Å². The van der Waals surface area contributed by atoms with Gasteiger partial charge in [0, 0.05) is 5.57 Å². The van der Waals surface area contributed by atoms with Crippen LogP contribution in [0, 0.1) is 0 Å². The normalized spacial score (nSPS) is 27.1. The van der Waals surface area contributed by atoms with Crippen LogP contribution in [0.5, 0.6) is 0 Å². The molecule has 0 radical (unpaired) electrons. The molecule has 0 amide bonds. The Kier molecular flexibility index (Phi) is 1.53. The van der Waals surface area contributed by atoms with Gasteiger partial charge in [-0.05, 0) is 6.92 Å². The van der Waals surface area contributed by atoms with Crippen LogP contribution in [0.15, 0.2) is 11.8 Å². The van der Waals surface area contributed by atoms with Crippen molar-refractivity contribution in [1.82, 2.24) is 0 Å². The average molecular weight is 128 g/mol. The van der Waals surface area contributed by atoms with E-state index < -0.39 is 6.10 Å². The summed E-state index contributed by atoms with van der Waals surface area (Å²) in [4.78, 5) is 10.7. The Hall–Kier alpha value is -0.830. The summed E-state index contributed by atoms with van der Waals surface area (Å²) >= 11 is 0. The number of Topliss-reactive ketones (excluding diaryl/α,β-unsaturated/α-hetero) is 1. The Balaban J connectivity index is 2.74. The number of aliphatic hydroxyl groups is 1. The van der Waals surface area contributed by atoms with E-state index in [2.05, 4.69) is 0 Å². The second-order valence-electron chi connectivity index (χ2n) is 2.01.